The van der Waals surface area contributed by atoms with Gasteiger partial charge in [-0.25, -0.2) is 4.98 Å². The van der Waals surface area contributed by atoms with Gasteiger partial charge in [0.25, 0.3) is 0 Å². The molecule has 84 valence electrons. The highest BCUT2D eigenvalue weighted by atomic mass is 32.2. The Morgan fingerprint density at radius 3 is 3.07 bits per heavy atom. The lowest BCUT2D eigenvalue weighted by Crippen LogP contribution is -2.17. The maximum atomic E-state index is 5.22. The van der Waals surface area contributed by atoms with Gasteiger partial charge in [-0.15, -0.1) is 0 Å². The van der Waals surface area contributed by atoms with E-state index in [9.17, 15) is 0 Å². The lowest BCUT2D eigenvalue weighted by atomic mass is 10.2. The van der Waals surface area contributed by atoms with E-state index in [1.807, 2.05) is 23.9 Å². The number of anilines is 1. The number of aromatic nitrogens is 1. The third-order valence-electron chi connectivity index (χ3n) is 2.13. The number of thioether (sulfide) groups is 1. The number of hydrogen-bond acceptors (Lipinski definition) is 4. The van der Waals surface area contributed by atoms with Gasteiger partial charge in [-0.1, -0.05) is 0 Å². The quantitative estimate of drug-likeness (QED) is 0.808. The van der Waals surface area contributed by atoms with Crippen molar-refractivity contribution in [2.45, 2.75) is 19.4 Å². The summed E-state index contributed by atoms with van der Waals surface area (Å²) in [7, 11) is 1.66. The molecule has 0 aliphatic carbocycles. The van der Waals surface area contributed by atoms with E-state index in [1.54, 1.807) is 13.3 Å². The fourth-order valence-electron chi connectivity index (χ4n) is 1.26. The molecule has 1 rings (SSSR count). The number of rotatable bonds is 6. The molecule has 0 bridgehead atoms. The van der Waals surface area contributed by atoms with Crippen LogP contribution < -0.4 is 10.1 Å². The Morgan fingerprint density at radius 1 is 1.60 bits per heavy atom. The molecule has 0 aliphatic rings. The van der Waals surface area contributed by atoms with E-state index in [0.717, 1.165) is 23.7 Å². The van der Waals surface area contributed by atoms with Crippen molar-refractivity contribution < 1.29 is 4.74 Å². The summed E-state index contributed by atoms with van der Waals surface area (Å²) in [6.45, 7) is 2.16. The molecule has 1 unspecified atom stereocenters. The molecule has 1 aromatic rings. The van der Waals surface area contributed by atoms with Gasteiger partial charge < -0.3 is 10.1 Å². The SMILES string of the molecule is COc1cccnc1NC(C)CCSC. The number of ether oxygens (including phenoxy) is 1. The smallest absolute Gasteiger partial charge is 0.168 e. The highest BCUT2D eigenvalue weighted by molar-refractivity contribution is 7.98. The Labute approximate surface area is 95.6 Å². The molecule has 1 aromatic heterocycles. The summed E-state index contributed by atoms with van der Waals surface area (Å²) in [6.07, 6.45) is 5.01. The van der Waals surface area contributed by atoms with Crippen molar-refractivity contribution >= 4 is 17.6 Å². The largest absolute Gasteiger partial charge is 0.493 e. The van der Waals surface area contributed by atoms with Crippen LogP contribution in [0.1, 0.15) is 13.3 Å². The van der Waals surface area contributed by atoms with Gasteiger partial charge in [0.1, 0.15) is 0 Å². The summed E-state index contributed by atoms with van der Waals surface area (Å²) in [5.41, 5.74) is 0. The Bertz CT molecular complexity index is 294. The standard InChI is InChI=1S/C11H18N2OS/c1-9(6-8-15-3)13-11-10(14-2)5-4-7-12-11/h4-5,7,9H,6,8H2,1-3H3,(H,12,13). The Hall–Kier alpha value is -0.900. The van der Waals surface area contributed by atoms with Gasteiger partial charge in [0.05, 0.1) is 7.11 Å². The molecule has 0 amide bonds. The van der Waals surface area contributed by atoms with Crippen molar-refractivity contribution in [1.29, 1.82) is 0 Å². The summed E-state index contributed by atoms with van der Waals surface area (Å²) in [5, 5.41) is 3.35. The lowest BCUT2D eigenvalue weighted by Gasteiger charge is -2.15. The Kier molecular flexibility index (Phi) is 5.32. The van der Waals surface area contributed by atoms with Crippen LogP contribution in [0.15, 0.2) is 18.3 Å². The van der Waals surface area contributed by atoms with Crippen molar-refractivity contribution in [2.75, 3.05) is 24.4 Å². The summed E-state index contributed by atoms with van der Waals surface area (Å²) >= 11 is 1.86. The molecule has 0 radical (unpaired) electrons. The second kappa shape index (κ2) is 6.56. The monoisotopic (exact) mass is 226 g/mol. The lowest BCUT2D eigenvalue weighted by molar-refractivity contribution is 0.414. The van der Waals surface area contributed by atoms with E-state index in [0.29, 0.717) is 6.04 Å². The summed E-state index contributed by atoms with van der Waals surface area (Å²) in [4.78, 5) is 4.25. The van der Waals surface area contributed by atoms with Crippen molar-refractivity contribution in [3.63, 3.8) is 0 Å². The number of hydrogen-bond donors (Lipinski definition) is 1. The molecule has 1 atom stereocenters. The molecule has 4 heteroatoms. The van der Waals surface area contributed by atoms with Gasteiger partial charge in [-0.3, -0.25) is 0 Å². The first-order valence-corrected chi connectivity index (χ1v) is 6.41. The highest BCUT2D eigenvalue weighted by Gasteiger charge is 2.06. The van der Waals surface area contributed by atoms with Crippen LogP contribution in [0, 0.1) is 0 Å². The number of methoxy groups -OCH3 is 1. The van der Waals surface area contributed by atoms with Crippen molar-refractivity contribution in [3.8, 4) is 5.75 Å². The minimum Gasteiger partial charge on any atom is -0.493 e. The molecule has 0 fully saturated rings. The molecule has 0 spiro atoms. The third-order valence-corrected chi connectivity index (χ3v) is 2.77. The molecule has 1 N–H and O–H groups in total. The van der Waals surface area contributed by atoms with Crippen LogP contribution in [0.4, 0.5) is 5.82 Å². The number of nitrogens with one attached hydrogen (secondary N) is 1. The topological polar surface area (TPSA) is 34.1 Å². The highest BCUT2D eigenvalue weighted by Crippen LogP contribution is 2.21. The summed E-state index contributed by atoms with van der Waals surface area (Å²) in [5.74, 6) is 2.78. The van der Waals surface area contributed by atoms with Crippen LogP contribution in [0.5, 0.6) is 5.75 Å². The normalized spacial score (nSPS) is 12.2. The van der Waals surface area contributed by atoms with Crippen LogP contribution in [0.25, 0.3) is 0 Å². The second-order valence-electron chi connectivity index (χ2n) is 3.38. The van der Waals surface area contributed by atoms with Crippen LogP contribution >= 0.6 is 11.8 Å². The van der Waals surface area contributed by atoms with Gasteiger partial charge in [0, 0.05) is 12.2 Å². The van der Waals surface area contributed by atoms with E-state index in [4.69, 9.17) is 4.74 Å². The van der Waals surface area contributed by atoms with E-state index in [-0.39, 0.29) is 0 Å². The van der Waals surface area contributed by atoms with Crippen molar-refractivity contribution in [3.05, 3.63) is 18.3 Å². The molecule has 0 aliphatic heterocycles. The maximum absolute atomic E-state index is 5.22. The van der Waals surface area contributed by atoms with Crippen molar-refractivity contribution in [1.82, 2.24) is 4.98 Å². The number of pyridine rings is 1. The molecule has 0 aromatic carbocycles. The van der Waals surface area contributed by atoms with E-state index < -0.39 is 0 Å². The van der Waals surface area contributed by atoms with Gasteiger partial charge in [0.15, 0.2) is 11.6 Å². The van der Waals surface area contributed by atoms with Crippen LogP contribution in [0.3, 0.4) is 0 Å². The molecule has 15 heavy (non-hydrogen) atoms. The fourth-order valence-corrected chi connectivity index (χ4v) is 1.85. The predicted molar refractivity (Wildman–Crippen MR) is 66.9 cm³/mol. The maximum Gasteiger partial charge on any atom is 0.168 e. The average molecular weight is 226 g/mol. The molecular weight excluding hydrogens is 208 g/mol. The Balaban J connectivity index is 2.55. The second-order valence-corrected chi connectivity index (χ2v) is 4.37. The zero-order chi connectivity index (χ0) is 11.1. The number of nitrogens with zero attached hydrogens (tertiary/aromatic N) is 1. The first-order valence-electron chi connectivity index (χ1n) is 5.02. The van der Waals surface area contributed by atoms with Gasteiger partial charge in [0.2, 0.25) is 0 Å². The van der Waals surface area contributed by atoms with Gasteiger partial charge in [-0.2, -0.15) is 11.8 Å². The van der Waals surface area contributed by atoms with Crippen LogP contribution in [-0.2, 0) is 0 Å². The van der Waals surface area contributed by atoms with E-state index in [2.05, 4.69) is 23.5 Å². The average Bonchev–Trinajstić information content (AvgIpc) is 2.27. The molecular formula is C11H18N2OS. The van der Waals surface area contributed by atoms with Crippen LogP contribution in [-0.4, -0.2) is 30.1 Å². The minimum atomic E-state index is 0.418. The molecule has 0 saturated heterocycles. The summed E-state index contributed by atoms with van der Waals surface area (Å²) < 4.78 is 5.22. The van der Waals surface area contributed by atoms with E-state index >= 15 is 0 Å². The minimum absolute atomic E-state index is 0.418. The van der Waals surface area contributed by atoms with Gasteiger partial charge >= 0.3 is 0 Å². The zero-order valence-electron chi connectivity index (χ0n) is 9.49. The van der Waals surface area contributed by atoms with Crippen molar-refractivity contribution in [2.24, 2.45) is 0 Å². The molecule has 3 nitrogen and oxygen atoms in total. The summed E-state index contributed by atoms with van der Waals surface area (Å²) in [6, 6.07) is 4.20. The van der Waals surface area contributed by atoms with E-state index in [1.165, 1.54) is 0 Å². The first-order chi connectivity index (χ1) is 7.27. The first kappa shape index (κ1) is 12.2. The fraction of sp³-hybridized carbons (Fsp3) is 0.545. The predicted octanol–water partition coefficient (Wildman–Crippen LogP) is 2.64. The zero-order valence-corrected chi connectivity index (χ0v) is 10.3. The van der Waals surface area contributed by atoms with Gasteiger partial charge in [-0.05, 0) is 37.5 Å². The molecule has 0 saturated carbocycles. The third kappa shape index (κ3) is 4.00. The Morgan fingerprint density at radius 2 is 2.40 bits per heavy atom. The molecule has 1 heterocycles. The van der Waals surface area contributed by atoms with Crippen LogP contribution in [0.2, 0.25) is 0 Å².